The molecule has 0 fully saturated rings. The zero-order valence-electron chi connectivity index (χ0n) is 12.5. The summed E-state index contributed by atoms with van der Waals surface area (Å²) in [6, 6.07) is 13.6. The van der Waals surface area contributed by atoms with Crippen molar-refractivity contribution >= 4 is 5.91 Å². The molecule has 5 heteroatoms. The Morgan fingerprint density at radius 2 is 2.00 bits per heavy atom. The van der Waals surface area contributed by atoms with Gasteiger partial charge in [0.25, 0.3) is 5.91 Å². The van der Waals surface area contributed by atoms with Crippen molar-refractivity contribution in [2.45, 2.75) is 13.0 Å². The number of hydrogen-bond acceptors (Lipinski definition) is 4. The van der Waals surface area contributed by atoms with E-state index in [-0.39, 0.29) is 5.91 Å². The van der Waals surface area contributed by atoms with Gasteiger partial charge in [0.15, 0.2) is 11.5 Å². The molecule has 1 amide bonds. The van der Waals surface area contributed by atoms with E-state index in [4.69, 9.17) is 4.52 Å². The van der Waals surface area contributed by atoms with Crippen molar-refractivity contribution in [1.29, 1.82) is 0 Å². The van der Waals surface area contributed by atoms with Gasteiger partial charge < -0.3 is 9.42 Å². The van der Waals surface area contributed by atoms with Crippen LogP contribution in [0.3, 0.4) is 0 Å². The first-order chi connectivity index (χ1) is 11.3. The molecule has 23 heavy (non-hydrogen) atoms. The molecular formula is C18H15N3O2. The first-order valence-electron chi connectivity index (χ1n) is 7.54. The van der Waals surface area contributed by atoms with Gasteiger partial charge in [-0.25, -0.2) is 0 Å². The van der Waals surface area contributed by atoms with Crippen LogP contribution in [0, 0.1) is 0 Å². The maximum absolute atomic E-state index is 12.6. The van der Waals surface area contributed by atoms with Crippen LogP contribution < -0.4 is 0 Å². The summed E-state index contributed by atoms with van der Waals surface area (Å²) in [5.41, 5.74) is 3.65. The van der Waals surface area contributed by atoms with Gasteiger partial charge in [-0.1, -0.05) is 29.4 Å². The number of hydrogen-bond donors (Lipinski definition) is 0. The zero-order valence-corrected chi connectivity index (χ0v) is 12.5. The number of benzene rings is 1. The van der Waals surface area contributed by atoms with E-state index in [2.05, 4.69) is 22.3 Å². The maximum atomic E-state index is 12.6. The molecule has 0 saturated carbocycles. The van der Waals surface area contributed by atoms with Gasteiger partial charge in [0, 0.05) is 37.1 Å². The number of carbonyl (C=O) groups excluding carboxylic acids is 1. The fourth-order valence-corrected chi connectivity index (χ4v) is 2.85. The van der Waals surface area contributed by atoms with Crippen molar-refractivity contribution in [1.82, 2.24) is 15.0 Å². The van der Waals surface area contributed by atoms with Crippen molar-refractivity contribution in [3.05, 3.63) is 71.7 Å². The lowest BCUT2D eigenvalue weighted by Gasteiger charge is -2.28. The molecule has 3 aromatic rings. The largest absolute Gasteiger partial charge is 0.355 e. The van der Waals surface area contributed by atoms with Crippen LogP contribution in [-0.2, 0) is 13.0 Å². The Balaban J connectivity index is 1.55. The average Bonchev–Trinajstić information content (AvgIpc) is 3.11. The molecule has 0 atom stereocenters. The molecule has 3 heterocycles. The Labute approximate surface area is 133 Å². The van der Waals surface area contributed by atoms with Crippen LogP contribution in [0.4, 0.5) is 0 Å². The van der Waals surface area contributed by atoms with Crippen LogP contribution in [-0.4, -0.2) is 27.5 Å². The molecule has 4 rings (SSSR count). The van der Waals surface area contributed by atoms with Crippen LogP contribution in [0.5, 0.6) is 0 Å². The highest BCUT2D eigenvalue weighted by Crippen LogP contribution is 2.23. The van der Waals surface area contributed by atoms with Crippen LogP contribution in [0.2, 0.25) is 0 Å². The standard InChI is InChI=1S/C18H15N3O2/c22-18(21-9-7-13-4-1-2-5-15(13)12-21)16-10-17(23-20-16)14-6-3-8-19-11-14/h1-6,8,10-11H,7,9,12H2. The van der Waals surface area contributed by atoms with Crippen LogP contribution in [0.1, 0.15) is 21.6 Å². The molecule has 0 N–H and O–H groups in total. The van der Waals surface area contributed by atoms with Gasteiger partial charge in [0.05, 0.1) is 0 Å². The third-order valence-electron chi connectivity index (χ3n) is 4.09. The van der Waals surface area contributed by atoms with Crippen LogP contribution in [0.15, 0.2) is 59.4 Å². The highest BCUT2D eigenvalue weighted by Gasteiger charge is 2.24. The van der Waals surface area contributed by atoms with E-state index in [0.717, 1.165) is 12.0 Å². The Morgan fingerprint density at radius 3 is 2.83 bits per heavy atom. The van der Waals surface area contributed by atoms with Gasteiger partial charge >= 0.3 is 0 Å². The number of amides is 1. The minimum absolute atomic E-state index is 0.0987. The van der Waals surface area contributed by atoms with E-state index < -0.39 is 0 Å². The molecule has 114 valence electrons. The predicted octanol–water partition coefficient (Wildman–Crippen LogP) is 2.94. The van der Waals surface area contributed by atoms with E-state index in [1.54, 1.807) is 18.5 Å². The average molecular weight is 305 g/mol. The number of rotatable bonds is 2. The fourth-order valence-electron chi connectivity index (χ4n) is 2.85. The summed E-state index contributed by atoms with van der Waals surface area (Å²) in [7, 11) is 0. The predicted molar refractivity (Wildman–Crippen MR) is 84.6 cm³/mol. The third-order valence-corrected chi connectivity index (χ3v) is 4.09. The second-order valence-electron chi connectivity index (χ2n) is 5.56. The summed E-state index contributed by atoms with van der Waals surface area (Å²) in [5, 5.41) is 3.93. The normalized spacial score (nSPS) is 13.7. The minimum Gasteiger partial charge on any atom is -0.355 e. The first kappa shape index (κ1) is 13.7. The van der Waals surface area contributed by atoms with Crippen molar-refractivity contribution in [2.24, 2.45) is 0 Å². The Kier molecular flexibility index (Phi) is 3.38. The molecule has 0 radical (unpaired) electrons. The molecule has 0 saturated heterocycles. The van der Waals surface area contributed by atoms with Gasteiger partial charge in [0.2, 0.25) is 0 Å². The molecule has 0 bridgehead atoms. The zero-order chi connectivity index (χ0) is 15.6. The second kappa shape index (κ2) is 5.68. The van der Waals surface area contributed by atoms with Crippen molar-refractivity contribution in [2.75, 3.05) is 6.54 Å². The Hall–Kier alpha value is -2.95. The fraction of sp³-hybridized carbons (Fsp3) is 0.167. The summed E-state index contributed by atoms with van der Waals surface area (Å²) < 4.78 is 5.29. The van der Waals surface area contributed by atoms with Gasteiger partial charge in [0.1, 0.15) is 0 Å². The molecule has 1 aliphatic heterocycles. The summed E-state index contributed by atoms with van der Waals surface area (Å²) >= 11 is 0. The summed E-state index contributed by atoms with van der Waals surface area (Å²) in [5.74, 6) is 0.456. The molecule has 0 unspecified atom stereocenters. The van der Waals surface area contributed by atoms with Crippen LogP contribution in [0.25, 0.3) is 11.3 Å². The molecule has 0 spiro atoms. The molecule has 1 aromatic carbocycles. The maximum Gasteiger partial charge on any atom is 0.276 e. The van der Waals surface area contributed by atoms with Gasteiger partial charge in [-0.2, -0.15) is 0 Å². The molecule has 2 aromatic heterocycles. The molecular weight excluding hydrogens is 290 g/mol. The number of carbonyl (C=O) groups is 1. The highest BCUT2D eigenvalue weighted by molar-refractivity contribution is 5.93. The Bertz CT molecular complexity index is 842. The lowest BCUT2D eigenvalue weighted by atomic mass is 10.00. The number of fused-ring (bicyclic) bond motifs is 1. The third kappa shape index (κ3) is 2.61. The summed E-state index contributed by atoms with van der Waals surface area (Å²) in [4.78, 5) is 18.5. The van der Waals surface area contributed by atoms with Gasteiger partial charge in [-0.3, -0.25) is 9.78 Å². The van der Waals surface area contributed by atoms with E-state index in [1.807, 2.05) is 29.2 Å². The van der Waals surface area contributed by atoms with E-state index >= 15 is 0 Å². The second-order valence-corrected chi connectivity index (χ2v) is 5.56. The number of nitrogens with zero attached hydrogens (tertiary/aromatic N) is 3. The topological polar surface area (TPSA) is 59.2 Å². The molecule has 1 aliphatic rings. The molecule has 0 aliphatic carbocycles. The molecule has 5 nitrogen and oxygen atoms in total. The quantitative estimate of drug-likeness (QED) is 0.730. The number of aromatic nitrogens is 2. The van der Waals surface area contributed by atoms with Gasteiger partial charge in [-0.05, 0) is 29.7 Å². The summed E-state index contributed by atoms with van der Waals surface area (Å²) in [6.07, 6.45) is 4.25. The van der Waals surface area contributed by atoms with Crippen molar-refractivity contribution < 1.29 is 9.32 Å². The number of pyridine rings is 1. The van der Waals surface area contributed by atoms with E-state index in [9.17, 15) is 4.79 Å². The Morgan fingerprint density at radius 1 is 1.13 bits per heavy atom. The van der Waals surface area contributed by atoms with Crippen molar-refractivity contribution in [3.63, 3.8) is 0 Å². The lowest BCUT2D eigenvalue weighted by Crippen LogP contribution is -2.36. The van der Waals surface area contributed by atoms with E-state index in [0.29, 0.717) is 24.5 Å². The van der Waals surface area contributed by atoms with Crippen molar-refractivity contribution in [3.8, 4) is 11.3 Å². The summed E-state index contributed by atoms with van der Waals surface area (Å²) in [6.45, 7) is 1.31. The van der Waals surface area contributed by atoms with Crippen LogP contribution >= 0.6 is 0 Å². The van der Waals surface area contributed by atoms with Gasteiger partial charge in [-0.15, -0.1) is 0 Å². The smallest absolute Gasteiger partial charge is 0.276 e. The highest BCUT2D eigenvalue weighted by atomic mass is 16.5. The lowest BCUT2D eigenvalue weighted by molar-refractivity contribution is 0.0724. The monoisotopic (exact) mass is 305 g/mol. The first-order valence-corrected chi connectivity index (χ1v) is 7.54. The van der Waals surface area contributed by atoms with E-state index in [1.165, 1.54) is 11.1 Å². The SMILES string of the molecule is O=C(c1cc(-c2cccnc2)on1)N1CCc2ccccc2C1. The minimum atomic E-state index is -0.0987.